The zero-order valence-corrected chi connectivity index (χ0v) is 18.7. The highest BCUT2D eigenvalue weighted by Gasteiger charge is 2.40. The third kappa shape index (κ3) is 9.78. The van der Waals surface area contributed by atoms with E-state index in [9.17, 15) is 61.9 Å². The average molecular weight is 591 g/mol. The third-order valence-electron chi connectivity index (χ3n) is 4.41. The van der Waals surface area contributed by atoms with Gasteiger partial charge in [-0.2, -0.15) is 52.7 Å². The maximum atomic E-state index is 14.0. The van der Waals surface area contributed by atoms with Crippen LogP contribution in [0.2, 0.25) is 0 Å². The molecule has 2 atom stereocenters. The van der Waals surface area contributed by atoms with Crippen LogP contribution in [0.4, 0.5) is 61.9 Å². The van der Waals surface area contributed by atoms with Crippen LogP contribution in [0.1, 0.15) is 35.3 Å². The van der Waals surface area contributed by atoms with Crippen molar-refractivity contribution < 1.29 is 71.8 Å². The monoisotopic (exact) mass is 591 g/mol. The van der Waals surface area contributed by atoms with Crippen LogP contribution in [0, 0.1) is 5.82 Å². The fourth-order valence-electron chi connectivity index (χ4n) is 2.59. The van der Waals surface area contributed by atoms with E-state index in [0.29, 0.717) is 19.1 Å². The largest absolute Gasteiger partial charge is 0.490 e. The summed E-state index contributed by atoms with van der Waals surface area (Å²) in [5.41, 5.74) is -4.75. The summed E-state index contributed by atoms with van der Waals surface area (Å²) in [5, 5.41) is 10.4. The van der Waals surface area contributed by atoms with Crippen molar-refractivity contribution in [1.29, 1.82) is 0 Å². The second-order valence-electron chi connectivity index (χ2n) is 7.29. The van der Waals surface area contributed by atoms with Gasteiger partial charge < -0.3 is 15.7 Å². The Morgan fingerprint density at radius 3 is 1.77 bits per heavy atom. The van der Waals surface area contributed by atoms with Crippen molar-refractivity contribution in [2.75, 3.05) is 0 Å². The zero-order valence-electron chi connectivity index (χ0n) is 18.7. The lowest BCUT2D eigenvalue weighted by Gasteiger charge is -2.24. The van der Waals surface area contributed by atoms with Crippen molar-refractivity contribution in [3.8, 4) is 0 Å². The van der Waals surface area contributed by atoms with Gasteiger partial charge in [0.25, 0.3) is 0 Å². The van der Waals surface area contributed by atoms with Crippen molar-refractivity contribution in [1.82, 2.24) is 15.6 Å². The Kier molecular flexibility index (Phi) is 10.2. The average Bonchev–Trinajstić information content (AvgIpc) is 2.75. The van der Waals surface area contributed by atoms with Crippen LogP contribution in [0.5, 0.6) is 0 Å². The summed E-state index contributed by atoms with van der Waals surface area (Å²) in [6.45, 7) is 0.550. The summed E-state index contributed by atoms with van der Waals surface area (Å²) in [6.07, 6.45) is -19.3. The standard InChI is InChI=1S/C18H13F10N3O.C2HF3O2/c1-8(16(20,21)22)30-15(32)31-13(14-11(18(26,27)28)3-2-6-29-14)9-4-5-10(12(19)7-9)17(23,24)25;3-2(4,5)1(6)7/h2-8,13H,1H3,(H2,30,31,32);(H,6,7)/t8-,13-;/m0./s1. The molecule has 0 spiro atoms. The van der Waals surface area contributed by atoms with Crippen LogP contribution in [-0.2, 0) is 17.1 Å². The van der Waals surface area contributed by atoms with Gasteiger partial charge in [-0.25, -0.2) is 14.0 Å². The number of hydrogen-bond acceptors (Lipinski definition) is 3. The molecule has 2 amide bonds. The van der Waals surface area contributed by atoms with Gasteiger partial charge in [-0.05, 0) is 36.8 Å². The Balaban J connectivity index is 0.000000956. The number of urea groups is 1. The molecule has 2 aromatic rings. The van der Waals surface area contributed by atoms with E-state index >= 15 is 0 Å². The molecule has 0 aliphatic carbocycles. The summed E-state index contributed by atoms with van der Waals surface area (Å²) < 4.78 is 162. The third-order valence-corrected chi connectivity index (χ3v) is 4.41. The fourth-order valence-corrected chi connectivity index (χ4v) is 2.59. The van der Waals surface area contributed by atoms with Gasteiger partial charge in [0.1, 0.15) is 11.9 Å². The number of pyridine rings is 1. The molecule has 0 bridgehead atoms. The molecule has 3 N–H and O–H groups in total. The molecular weight excluding hydrogens is 577 g/mol. The maximum Gasteiger partial charge on any atom is 0.490 e. The molecule has 39 heavy (non-hydrogen) atoms. The van der Waals surface area contributed by atoms with E-state index < -0.39 is 77.0 Å². The van der Waals surface area contributed by atoms with Crippen LogP contribution in [0.25, 0.3) is 0 Å². The fraction of sp³-hybridized carbons (Fsp3) is 0.350. The normalized spacial score (nSPS) is 14.0. The number of halogens is 13. The highest BCUT2D eigenvalue weighted by Crippen LogP contribution is 2.37. The van der Waals surface area contributed by atoms with Crippen molar-refractivity contribution in [3.63, 3.8) is 0 Å². The lowest BCUT2D eigenvalue weighted by Crippen LogP contribution is -2.48. The van der Waals surface area contributed by atoms with Gasteiger partial charge in [0.05, 0.1) is 22.9 Å². The van der Waals surface area contributed by atoms with E-state index in [1.165, 1.54) is 5.32 Å². The predicted molar refractivity (Wildman–Crippen MR) is 103 cm³/mol. The quantitative estimate of drug-likeness (QED) is 0.368. The molecule has 2 rings (SSSR count). The minimum Gasteiger partial charge on any atom is -0.475 e. The zero-order chi connectivity index (χ0) is 30.6. The molecule has 0 aliphatic heterocycles. The van der Waals surface area contributed by atoms with E-state index in [1.54, 1.807) is 5.32 Å². The molecule has 19 heteroatoms. The minimum absolute atomic E-state index is 0.218. The molecule has 6 nitrogen and oxygen atoms in total. The first-order valence-corrected chi connectivity index (χ1v) is 9.78. The topological polar surface area (TPSA) is 91.3 Å². The first-order chi connectivity index (χ1) is 17.5. The Bertz CT molecular complexity index is 1160. The van der Waals surface area contributed by atoms with Crippen molar-refractivity contribution in [3.05, 3.63) is 64.7 Å². The second-order valence-corrected chi connectivity index (χ2v) is 7.29. The first kappa shape index (κ1) is 33.2. The summed E-state index contributed by atoms with van der Waals surface area (Å²) >= 11 is 0. The van der Waals surface area contributed by atoms with Crippen LogP contribution in [0.15, 0.2) is 36.5 Å². The molecule has 1 heterocycles. The summed E-state index contributed by atoms with van der Waals surface area (Å²) in [5.74, 6) is -4.62. The highest BCUT2D eigenvalue weighted by atomic mass is 19.4. The summed E-state index contributed by atoms with van der Waals surface area (Å²) in [7, 11) is 0. The van der Waals surface area contributed by atoms with Gasteiger partial charge in [0.2, 0.25) is 0 Å². The predicted octanol–water partition coefficient (Wildman–Crippen LogP) is 6.23. The number of carboxylic acids is 1. The van der Waals surface area contributed by atoms with Gasteiger partial charge in [-0.1, -0.05) is 6.07 Å². The molecule has 218 valence electrons. The number of amides is 2. The Hall–Kier alpha value is -3.80. The molecule has 0 radical (unpaired) electrons. The molecule has 0 saturated heterocycles. The molecule has 0 unspecified atom stereocenters. The first-order valence-electron chi connectivity index (χ1n) is 9.78. The van der Waals surface area contributed by atoms with E-state index in [-0.39, 0.29) is 12.1 Å². The Morgan fingerprint density at radius 2 is 1.36 bits per heavy atom. The molecule has 0 aliphatic rings. The van der Waals surface area contributed by atoms with E-state index in [4.69, 9.17) is 9.90 Å². The number of aromatic nitrogens is 1. The van der Waals surface area contributed by atoms with Crippen molar-refractivity contribution in [2.45, 2.75) is 43.7 Å². The van der Waals surface area contributed by atoms with E-state index in [1.807, 2.05) is 0 Å². The Morgan fingerprint density at radius 1 is 0.846 bits per heavy atom. The van der Waals surface area contributed by atoms with Crippen molar-refractivity contribution >= 4 is 12.0 Å². The maximum absolute atomic E-state index is 14.0. The summed E-state index contributed by atoms with van der Waals surface area (Å²) in [4.78, 5) is 24.4. The van der Waals surface area contributed by atoms with Gasteiger partial charge in [-0.15, -0.1) is 0 Å². The second kappa shape index (κ2) is 11.9. The van der Waals surface area contributed by atoms with Crippen LogP contribution >= 0.6 is 0 Å². The number of hydrogen-bond donors (Lipinski definition) is 3. The van der Waals surface area contributed by atoms with Gasteiger partial charge >= 0.3 is 36.7 Å². The molecule has 0 fully saturated rings. The number of carbonyl (C=O) groups excluding carboxylic acids is 1. The highest BCUT2D eigenvalue weighted by molar-refractivity contribution is 5.75. The van der Waals surface area contributed by atoms with Gasteiger partial charge in [0.15, 0.2) is 0 Å². The van der Waals surface area contributed by atoms with Gasteiger partial charge in [0, 0.05) is 6.20 Å². The number of aliphatic carboxylic acids is 1. The molecular formula is C20H14F13N3O3. The number of carbonyl (C=O) groups is 2. The minimum atomic E-state index is -5.12. The van der Waals surface area contributed by atoms with Crippen LogP contribution in [-0.4, -0.2) is 40.5 Å². The SMILES string of the molecule is C[C@H](NC(=O)N[C@@H](c1ccc(C(F)(F)F)c(F)c1)c1ncccc1C(F)(F)F)C(F)(F)F.O=C(O)C(F)(F)F. The Labute approximate surface area is 208 Å². The van der Waals surface area contributed by atoms with E-state index in [2.05, 4.69) is 4.98 Å². The molecule has 1 aromatic heterocycles. The number of rotatable bonds is 4. The van der Waals surface area contributed by atoms with Gasteiger partial charge in [-0.3, -0.25) is 4.98 Å². The number of benzene rings is 1. The smallest absolute Gasteiger partial charge is 0.475 e. The van der Waals surface area contributed by atoms with E-state index in [0.717, 1.165) is 12.3 Å². The lowest BCUT2D eigenvalue weighted by atomic mass is 9.97. The molecule has 1 aromatic carbocycles. The number of nitrogens with one attached hydrogen (secondary N) is 2. The lowest BCUT2D eigenvalue weighted by molar-refractivity contribution is -0.192. The van der Waals surface area contributed by atoms with Crippen LogP contribution in [0.3, 0.4) is 0 Å². The summed E-state index contributed by atoms with van der Waals surface area (Å²) in [6, 6.07) is -3.63. The van der Waals surface area contributed by atoms with Crippen LogP contribution < -0.4 is 10.6 Å². The number of nitrogens with zero attached hydrogens (tertiary/aromatic N) is 1. The van der Waals surface area contributed by atoms with Crippen molar-refractivity contribution in [2.24, 2.45) is 0 Å². The number of carboxylic acid groups (broad SMARTS) is 1. The number of alkyl halides is 12. The molecule has 0 saturated carbocycles.